The Morgan fingerprint density at radius 1 is 1.16 bits per heavy atom. The standard InChI is InChI=1S/C23H27N3O3S2/c1-16-12-13-20-21(17(16)2)24-23(30-20)25(15-18-9-5-4-6-10-18)22(27)19-11-7-8-14-26(19)31(3,28)29/h4-6,9-10,12-13,19H,7-8,11,14-15H2,1-3H3. The molecule has 2 aromatic carbocycles. The van der Waals surface area contributed by atoms with Crippen LogP contribution in [0.15, 0.2) is 42.5 Å². The summed E-state index contributed by atoms with van der Waals surface area (Å²) in [5.41, 5.74) is 4.13. The first kappa shape index (κ1) is 21.9. The molecule has 0 radical (unpaired) electrons. The molecule has 31 heavy (non-hydrogen) atoms. The summed E-state index contributed by atoms with van der Waals surface area (Å²) in [6.07, 6.45) is 3.32. The van der Waals surface area contributed by atoms with E-state index in [2.05, 4.69) is 6.07 Å². The third kappa shape index (κ3) is 4.51. The van der Waals surface area contributed by atoms with Gasteiger partial charge in [-0.25, -0.2) is 13.4 Å². The predicted octanol–water partition coefficient (Wildman–Crippen LogP) is 4.26. The molecule has 1 atom stereocenters. The van der Waals surface area contributed by atoms with Crippen molar-refractivity contribution in [3.05, 3.63) is 59.2 Å². The van der Waals surface area contributed by atoms with Crippen molar-refractivity contribution < 1.29 is 13.2 Å². The molecule has 1 amide bonds. The average Bonchev–Trinajstić information content (AvgIpc) is 3.19. The smallest absolute Gasteiger partial charge is 0.247 e. The zero-order valence-corrected chi connectivity index (χ0v) is 19.7. The molecule has 1 unspecified atom stereocenters. The number of aryl methyl sites for hydroxylation is 2. The number of fused-ring (bicyclic) bond motifs is 1. The van der Waals surface area contributed by atoms with Gasteiger partial charge in [0.1, 0.15) is 6.04 Å². The van der Waals surface area contributed by atoms with E-state index in [9.17, 15) is 13.2 Å². The van der Waals surface area contributed by atoms with Gasteiger partial charge in [0, 0.05) is 6.54 Å². The summed E-state index contributed by atoms with van der Waals surface area (Å²) in [6.45, 7) is 4.82. The first-order chi connectivity index (χ1) is 14.8. The Morgan fingerprint density at radius 3 is 2.61 bits per heavy atom. The van der Waals surface area contributed by atoms with Crippen LogP contribution in [0.5, 0.6) is 0 Å². The van der Waals surface area contributed by atoms with Gasteiger partial charge in [-0.15, -0.1) is 0 Å². The zero-order valence-electron chi connectivity index (χ0n) is 18.0. The number of aromatic nitrogens is 1. The molecular weight excluding hydrogens is 430 g/mol. The van der Waals surface area contributed by atoms with Crippen LogP contribution in [0.25, 0.3) is 10.2 Å². The summed E-state index contributed by atoms with van der Waals surface area (Å²) in [5, 5.41) is 0.608. The van der Waals surface area contributed by atoms with Gasteiger partial charge in [0.25, 0.3) is 0 Å². The molecule has 1 aromatic heterocycles. The molecule has 1 aliphatic rings. The van der Waals surface area contributed by atoms with E-state index in [0.717, 1.165) is 39.7 Å². The highest BCUT2D eigenvalue weighted by atomic mass is 32.2. The summed E-state index contributed by atoms with van der Waals surface area (Å²) in [6, 6.07) is 13.2. The number of carbonyl (C=O) groups is 1. The van der Waals surface area contributed by atoms with Crippen LogP contribution < -0.4 is 4.90 Å². The minimum absolute atomic E-state index is 0.206. The fraction of sp³-hybridized carbons (Fsp3) is 0.391. The Labute approximate surface area is 187 Å². The number of carbonyl (C=O) groups excluding carboxylic acids is 1. The Kier molecular flexibility index (Phi) is 6.14. The van der Waals surface area contributed by atoms with E-state index >= 15 is 0 Å². The second kappa shape index (κ2) is 8.68. The first-order valence-electron chi connectivity index (χ1n) is 10.4. The SMILES string of the molecule is Cc1ccc2sc(N(Cc3ccccc3)C(=O)C3CCCCN3S(C)(=O)=O)nc2c1C. The lowest BCUT2D eigenvalue weighted by Gasteiger charge is -2.35. The van der Waals surface area contributed by atoms with Gasteiger partial charge in [0.05, 0.1) is 23.0 Å². The normalized spacial score (nSPS) is 17.7. The second-order valence-electron chi connectivity index (χ2n) is 8.15. The Morgan fingerprint density at radius 2 is 1.90 bits per heavy atom. The van der Waals surface area contributed by atoms with Crippen molar-refractivity contribution in [3.8, 4) is 0 Å². The summed E-state index contributed by atoms with van der Waals surface area (Å²) >= 11 is 1.47. The van der Waals surface area contributed by atoms with Gasteiger partial charge in [-0.1, -0.05) is 54.2 Å². The van der Waals surface area contributed by atoms with Crippen molar-refractivity contribution in [2.45, 2.75) is 45.7 Å². The third-order valence-electron chi connectivity index (χ3n) is 5.92. The van der Waals surface area contributed by atoms with E-state index in [1.165, 1.54) is 21.9 Å². The summed E-state index contributed by atoms with van der Waals surface area (Å²) in [7, 11) is -3.48. The average molecular weight is 458 g/mol. The molecular formula is C23H27N3O3S2. The van der Waals surface area contributed by atoms with Crippen LogP contribution in [-0.4, -0.2) is 42.5 Å². The number of piperidine rings is 1. The molecule has 8 heteroatoms. The zero-order chi connectivity index (χ0) is 22.2. The monoisotopic (exact) mass is 457 g/mol. The highest BCUT2D eigenvalue weighted by Crippen LogP contribution is 2.34. The lowest BCUT2D eigenvalue weighted by molar-refractivity contribution is -0.123. The van der Waals surface area contributed by atoms with Gasteiger partial charge >= 0.3 is 0 Å². The molecule has 3 aromatic rings. The van der Waals surface area contributed by atoms with Gasteiger partial charge < -0.3 is 0 Å². The highest BCUT2D eigenvalue weighted by Gasteiger charge is 2.38. The van der Waals surface area contributed by atoms with Crippen LogP contribution in [0.1, 0.15) is 36.0 Å². The summed E-state index contributed by atoms with van der Waals surface area (Å²) < 4.78 is 27.1. The Hall–Kier alpha value is -2.29. The van der Waals surface area contributed by atoms with Gasteiger partial charge in [-0.2, -0.15) is 4.31 Å². The van der Waals surface area contributed by atoms with Crippen LogP contribution >= 0.6 is 11.3 Å². The Balaban J connectivity index is 1.77. The Bertz CT molecular complexity index is 1210. The first-order valence-corrected chi connectivity index (χ1v) is 13.1. The minimum Gasteiger partial charge on any atom is -0.282 e. The lowest BCUT2D eigenvalue weighted by atomic mass is 10.0. The predicted molar refractivity (Wildman–Crippen MR) is 126 cm³/mol. The number of hydrogen-bond donors (Lipinski definition) is 0. The van der Waals surface area contributed by atoms with Crippen molar-refractivity contribution in [2.75, 3.05) is 17.7 Å². The molecule has 164 valence electrons. The molecule has 0 bridgehead atoms. The molecule has 1 fully saturated rings. The highest BCUT2D eigenvalue weighted by molar-refractivity contribution is 7.88. The fourth-order valence-electron chi connectivity index (χ4n) is 4.06. The van der Waals surface area contributed by atoms with Crippen LogP contribution in [0.2, 0.25) is 0 Å². The molecule has 0 aliphatic carbocycles. The van der Waals surface area contributed by atoms with E-state index < -0.39 is 16.1 Å². The maximum absolute atomic E-state index is 13.8. The molecule has 6 nitrogen and oxygen atoms in total. The summed E-state index contributed by atoms with van der Waals surface area (Å²) in [5.74, 6) is -0.206. The van der Waals surface area contributed by atoms with Crippen molar-refractivity contribution in [2.24, 2.45) is 0 Å². The topological polar surface area (TPSA) is 70.6 Å². The van der Waals surface area contributed by atoms with E-state index in [1.54, 1.807) is 4.90 Å². The van der Waals surface area contributed by atoms with Crippen molar-refractivity contribution in [1.29, 1.82) is 0 Å². The van der Waals surface area contributed by atoms with Crippen molar-refractivity contribution >= 4 is 42.6 Å². The van der Waals surface area contributed by atoms with Gasteiger partial charge in [-0.05, 0) is 49.4 Å². The van der Waals surface area contributed by atoms with Gasteiger partial charge in [0.2, 0.25) is 15.9 Å². The maximum Gasteiger partial charge on any atom is 0.247 e. The number of anilines is 1. The molecule has 4 rings (SSSR count). The van der Waals surface area contributed by atoms with Crippen LogP contribution in [0, 0.1) is 13.8 Å². The van der Waals surface area contributed by atoms with Gasteiger partial charge in [0.15, 0.2) is 5.13 Å². The largest absolute Gasteiger partial charge is 0.282 e. The van der Waals surface area contributed by atoms with Crippen LogP contribution in [0.4, 0.5) is 5.13 Å². The van der Waals surface area contributed by atoms with Crippen LogP contribution in [-0.2, 0) is 21.4 Å². The maximum atomic E-state index is 13.8. The second-order valence-corrected chi connectivity index (χ2v) is 11.1. The molecule has 0 N–H and O–H groups in total. The number of thiazole rings is 1. The number of benzene rings is 2. The molecule has 2 heterocycles. The van der Waals surface area contributed by atoms with E-state index in [0.29, 0.717) is 24.6 Å². The number of nitrogens with zero attached hydrogens (tertiary/aromatic N) is 3. The number of amides is 1. The number of sulfonamides is 1. The third-order valence-corrected chi connectivity index (χ3v) is 8.25. The molecule has 0 spiro atoms. The fourth-order valence-corrected chi connectivity index (χ4v) is 6.21. The van der Waals surface area contributed by atoms with Crippen molar-refractivity contribution in [3.63, 3.8) is 0 Å². The minimum atomic E-state index is -3.48. The summed E-state index contributed by atoms with van der Waals surface area (Å²) in [4.78, 5) is 20.3. The lowest BCUT2D eigenvalue weighted by Crippen LogP contribution is -2.52. The van der Waals surface area contributed by atoms with Crippen molar-refractivity contribution in [1.82, 2.24) is 9.29 Å². The quantitative estimate of drug-likeness (QED) is 0.574. The molecule has 1 aliphatic heterocycles. The van der Waals surface area contributed by atoms with Gasteiger partial charge in [-0.3, -0.25) is 9.69 Å². The van der Waals surface area contributed by atoms with Crippen LogP contribution in [0.3, 0.4) is 0 Å². The molecule has 0 saturated carbocycles. The van der Waals surface area contributed by atoms with E-state index in [4.69, 9.17) is 4.98 Å². The number of rotatable bonds is 5. The van der Waals surface area contributed by atoms with E-state index in [-0.39, 0.29) is 5.91 Å². The number of hydrogen-bond acceptors (Lipinski definition) is 5. The molecule has 1 saturated heterocycles. The van der Waals surface area contributed by atoms with E-state index in [1.807, 2.05) is 50.2 Å².